The van der Waals surface area contributed by atoms with Gasteiger partial charge in [0.2, 0.25) is 0 Å². The Labute approximate surface area is 110 Å². The van der Waals surface area contributed by atoms with E-state index in [1.807, 2.05) is 0 Å². The maximum atomic E-state index is 5.76. The van der Waals surface area contributed by atoms with Crippen LogP contribution in [0.1, 0.15) is 37.3 Å². The van der Waals surface area contributed by atoms with Gasteiger partial charge >= 0.3 is 0 Å². The van der Waals surface area contributed by atoms with Crippen LogP contribution in [0.5, 0.6) is 0 Å². The molecule has 1 aliphatic heterocycles. The molecule has 1 saturated heterocycles. The van der Waals surface area contributed by atoms with Gasteiger partial charge in [0.25, 0.3) is 0 Å². The van der Waals surface area contributed by atoms with Crippen molar-refractivity contribution in [3.63, 3.8) is 0 Å². The highest BCUT2D eigenvalue weighted by molar-refractivity contribution is 5.30. The molecule has 1 aliphatic carbocycles. The van der Waals surface area contributed by atoms with Gasteiger partial charge in [0.1, 0.15) is 0 Å². The third-order valence-corrected chi connectivity index (χ3v) is 4.37. The average molecular weight is 245 g/mol. The highest BCUT2D eigenvalue weighted by atomic mass is 16.5. The number of rotatable bonds is 3. The molecule has 1 aromatic rings. The zero-order valence-electron chi connectivity index (χ0n) is 11.2. The van der Waals surface area contributed by atoms with Gasteiger partial charge < -0.3 is 10.1 Å². The topological polar surface area (TPSA) is 21.3 Å². The second-order valence-corrected chi connectivity index (χ2v) is 5.72. The van der Waals surface area contributed by atoms with Crippen LogP contribution in [0.2, 0.25) is 0 Å². The molecule has 0 bridgehead atoms. The Bertz CT molecular complexity index is 398. The first kappa shape index (κ1) is 12.2. The van der Waals surface area contributed by atoms with Crippen LogP contribution in [-0.2, 0) is 17.6 Å². The highest BCUT2D eigenvalue weighted by Crippen LogP contribution is 2.23. The molecule has 0 aromatic heterocycles. The van der Waals surface area contributed by atoms with Gasteiger partial charge in [0.05, 0.1) is 6.10 Å². The van der Waals surface area contributed by atoms with Crippen molar-refractivity contribution in [3.05, 3.63) is 35.4 Å². The number of nitrogens with one attached hydrogen (secondary N) is 1. The molecule has 3 unspecified atom stereocenters. The summed E-state index contributed by atoms with van der Waals surface area (Å²) in [4.78, 5) is 0. The van der Waals surface area contributed by atoms with Crippen molar-refractivity contribution in [2.24, 2.45) is 0 Å². The molecule has 98 valence electrons. The molecule has 0 radical (unpaired) electrons. The van der Waals surface area contributed by atoms with E-state index in [1.165, 1.54) is 37.7 Å². The Kier molecular flexibility index (Phi) is 3.67. The fourth-order valence-corrected chi connectivity index (χ4v) is 3.32. The lowest BCUT2D eigenvalue weighted by Gasteiger charge is -2.30. The quantitative estimate of drug-likeness (QED) is 0.884. The lowest BCUT2D eigenvalue weighted by Crippen LogP contribution is -2.45. The van der Waals surface area contributed by atoms with Gasteiger partial charge in [-0.25, -0.2) is 0 Å². The fraction of sp³-hybridized carbons (Fsp3) is 0.625. The molecule has 0 spiro atoms. The Morgan fingerprint density at radius 1 is 1.22 bits per heavy atom. The average Bonchev–Trinajstić information content (AvgIpc) is 2.92. The molecule has 2 heteroatoms. The molecule has 1 N–H and O–H groups in total. The molecule has 3 atom stereocenters. The van der Waals surface area contributed by atoms with Crippen LogP contribution in [0.15, 0.2) is 24.3 Å². The first-order chi connectivity index (χ1) is 8.83. The van der Waals surface area contributed by atoms with E-state index in [2.05, 4.69) is 36.5 Å². The molecule has 0 amide bonds. The summed E-state index contributed by atoms with van der Waals surface area (Å²) in [5.74, 6) is 0. The predicted octanol–water partition coefficient (Wildman–Crippen LogP) is 2.70. The van der Waals surface area contributed by atoms with Gasteiger partial charge in [-0.05, 0) is 50.2 Å². The molecule has 1 fully saturated rings. The lowest BCUT2D eigenvalue weighted by molar-refractivity contribution is 0.0789. The van der Waals surface area contributed by atoms with Crippen LogP contribution < -0.4 is 5.32 Å². The second kappa shape index (κ2) is 5.41. The maximum Gasteiger partial charge on any atom is 0.0726 e. The maximum absolute atomic E-state index is 5.76. The minimum Gasteiger partial charge on any atom is -0.377 e. The molecular weight excluding hydrogens is 222 g/mol. The van der Waals surface area contributed by atoms with Crippen LogP contribution in [0.3, 0.4) is 0 Å². The molecule has 2 nitrogen and oxygen atoms in total. The molecule has 1 heterocycles. The van der Waals surface area contributed by atoms with E-state index in [1.54, 1.807) is 5.56 Å². The number of benzene rings is 1. The second-order valence-electron chi connectivity index (χ2n) is 5.72. The number of hydrogen-bond donors (Lipinski definition) is 1. The summed E-state index contributed by atoms with van der Waals surface area (Å²) in [6.07, 6.45) is 6.52. The van der Waals surface area contributed by atoms with Crippen molar-refractivity contribution in [1.82, 2.24) is 5.32 Å². The Morgan fingerprint density at radius 2 is 2.06 bits per heavy atom. The van der Waals surface area contributed by atoms with Crippen LogP contribution in [-0.4, -0.2) is 24.8 Å². The first-order valence-corrected chi connectivity index (χ1v) is 7.27. The van der Waals surface area contributed by atoms with Crippen molar-refractivity contribution >= 4 is 0 Å². The van der Waals surface area contributed by atoms with Gasteiger partial charge in [-0.15, -0.1) is 0 Å². The number of hydrogen-bond acceptors (Lipinski definition) is 2. The van der Waals surface area contributed by atoms with E-state index in [0.29, 0.717) is 18.2 Å². The SMILES string of the molecule is CC(NC1CCc2ccccc2C1)C1CCCO1. The van der Waals surface area contributed by atoms with Crippen molar-refractivity contribution in [3.8, 4) is 0 Å². The predicted molar refractivity (Wildman–Crippen MR) is 73.8 cm³/mol. The van der Waals surface area contributed by atoms with Gasteiger partial charge in [0, 0.05) is 18.7 Å². The minimum atomic E-state index is 0.433. The van der Waals surface area contributed by atoms with Crippen LogP contribution in [0, 0.1) is 0 Å². The van der Waals surface area contributed by atoms with E-state index in [0.717, 1.165) is 6.61 Å². The van der Waals surface area contributed by atoms with Crippen molar-refractivity contribution in [1.29, 1.82) is 0 Å². The normalized spacial score (nSPS) is 28.9. The van der Waals surface area contributed by atoms with Crippen molar-refractivity contribution in [2.75, 3.05) is 6.61 Å². The molecule has 18 heavy (non-hydrogen) atoms. The Morgan fingerprint density at radius 3 is 2.83 bits per heavy atom. The van der Waals surface area contributed by atoms with E-state index in [9.17, 15) is 0 Å². The fourth-order valence-electron chi connectivity index (χ4n) is 3.32. The summed E-state index contributed by atoms with van der Waals surface area (Å²) in [7, 11) is 0. The van der Waals surface area contributed by atoms with E-state index >= 15 is 0 Å². The molecule has 2 aliphatic rings. The zero-order chi connectivity index (χ0) is 12.4. The first-order valence-electron chi connectivity index (χ1n) is 7.27. The third kappa shape index (κ3) is 2.60. The van der Waals surface area contributed by atoms with Crippen LogP contribution in [0.25, 0.3) is 0 Å². The van der Waals surface area contributed by atoms with Crippen molar-refractivity contribution < 1.29 is 4.74 Å². The van der Waals surface area contributed by atoms with E-state index in [-0.39, 0.29) is 0 Å². The summed E-state index contributed by atoms with van der Waals surface area (Å²) >= 11 is 0. The highest BCUT2D eigenvalue weighted by Gasteiger charge is 2.26. The minimum absolute atomic E-state index is 0.433. The summed E-state index contributed by atoms with van der Waals surface area (Å²) in [6.45, 7) is 3.22. The monoisotopic (exact) mass is 245 g/mol. The van der Waals surface area contributed by atoms with Crippen LogP contribution >= 0.6 is 0 Å². The largest absolute Gasteiger partial charge is 0.377 e. The lowest BCUT2D eigenvalue weighted by atomic mass is 9.88. The summed E-state index contributed by atoms with van der Waals surface area (Å²) in [5, 5.41) is 3.78. The molecule has 1 aromatic carbocycles. The van der Waals surface area contributed by atoms with Gasteiger partial charge in [-0.2, -0.15) is 0 Å². The summed E-state index contributed by atoms with van der Waals surface area (Å²) in [6, 6.07) is 9.98. The molecule has 3 rings (SSSR count). The zero-order valence-corrected chi connectivity index (χ0v) is 11.2. The van der Waals surface area contributed by atoms with Crippen molar-refractivity contribution in [2.45, 2.75) is 57.2 Å². The number of aryl methyl sites for hydroxylation is 1. The van der Waals surface area contributed by atoms with E-state index in [4.69, 9.17) is 4.74 Å². The molecular formula is C16H23NO. The Balaban J connectivity index is 1.59. The Hall–Kier alpha value is -0.860. The van der Waals surface area contributed by atoms with Crippen LogP contribution in [0.4, 0.5) is 0 Å². The number of fused-ring (bicyclic) bond motifs is 1. The standard InChI is InChI=1S/C16H23NO/c1-12(16-7-4-10-18-16)17-15-9-8-13-5-2-3-6-14(13)11-15/h2-3,5-6,12,15-17H,4,7-11H2,1H3. The van der Waals surface area contributed by atoms with Gasteiger partial charge in [-0.1, -0.05) is 24.3 Å². The summed E-state index contributed by atoms with van der Waals surface area (Å²) < 4.78 is 5.76. The third-order valence-electron chi connectivity index (χ3n) is 4.37. The van der Waals surface area contributed by atoms with Gasteiger partial charge in [-0.3, -0.25) is 0 Å². The number of ether oxygens (including phenoxy) is 1. The molecule has 0 saturated carbocycles. The van der Waals surface area contributed by atoms with Gasteiger partial charge in [0.15, 0.2) is 0 Å². The summed E-state index contributed by atoms with van der Waals surface area (Å²) in [5.41, 5.74) is 3.07. The smallest absolute Gasteiger partial charge is 0.0726 e. The van der Waals surface area contributed by atoms with E-state index < -0.39 is 0 Å².